The molecule has 1 heterocycles. The molecule has 1 aliphatic rings. The second-order valence-corrected chi connectivity index (χ2v) is 2.59. The van der Waals surface area contributed by atoms with Crippen LogP contribution in [0.3, 0.4) is 0 Å². The monoisotopic (exact) mass is 98.1 g/mol. The molecule has 41 valence electrons. The van der Waals surface area contributed by atoms with Crippen molar-refractivity contribution in [1.82, 2.24) is 5.32 Å². The van der Waals surface area contributed by atoms with Gasteiger partial charge in [-0.15, -0.1) is 0 Å². The molecule has 1 aliphatic heterocycles. The maximum absolute atomic E-state index is 3.96. The summed E-state index contributed by atoms with van der Waals surface area (Å²) in [6.45, 7) is 7.25. The largest absolute Gasteiger partial charge is 0.312 e. The van der Waals surface area contributed by atoms with Crippen LogP contribution in [-0.2, 0) is 0 Å². The minimum absolute atomic E-state index is 0.194. The van der Waals surface area contributed by atoms with E-state index in [-0.39, 0.29) is 5.54 Å². The van der Waals surface area contributed by atoms with Crippen LogP contribution in [0.1, 0.15) is 19.8 Å². The van der Waals surface area contributed by atoms with Gasteiger partial charge >= 0.3 is 0 Å². The Balaban J connectivity index is 2.40. The Morgan fingerprint density at radius 2 is 2.43 bits per heavy atom. The van der Waals surface area contributed by atoms with E-state index < -0.39 is 0 Å². The molecular formula is C6H12N. The fourth-order valence-electron chi connectivity index (χ4n) is 0.957. The van der Waals surface area contributed by atoms with Crippen LogP contribution in [0.4, 0.5) is 0 Å². The summed E-state index contributed by atoms with van der Waals surface area (Å²) in [5, 5.41) is 3.28. The first-order valence-electron chi connectivity index (χ1n) is 2.81. The smallest absolute Gasteiger partial charge is 0.0154 e. The van der Waals surface area contributed by atoms with E-state index in [9.17, 15) is 0 Å². The van der Waals surface area contributed by atoms with Gasteiger partial charge in [0.25, 0.3) is 0 Å². The lowest BCUT2D eigenvalue weighted by molar-refractivity contribution is 0.515. The van der Waals surface area contributed by atoms with Gasteiger partial charge in [-0.25, -0.2) is 0 Å². The van der Waals surface area contributed by atoms with Crippen molar-refractivity contribution in [2.75, 3.05) is 6.54 Å². The van der Waals surface area contributed by atoms with Crippen LogP contribution in [0.15, 0.2) is 0 Å². The van der Waals surface area contributed by atoms with Crippen LogP contribution in [-0.4, -0.2) is 12.1 Å². The van der Waals surface area contributed by atoms with Crippen molar-refractivity contribution in [2.45, 2.75) is 25.3 Å². The fraction of sp³-hybridized carbons (Fsp3) is 0.833. The van der Waals surface area contributed by atoms with Gasteiger partial charge in [0.2, 0.25) is 0 Å². The van der Waals surface area contributed by atoms with Crippen LogP contribution in [0.25, 0.3) is 0 Å². The Labute approximate surface area is 45.1 Å². The van der Waals surface area contributed by atoms with Gasteiger partial charge in [0, 0.05) is 5.54 Å². The van der Waals surface area contributed by atoms with Crippen molar-refractivity contribution in [3.8, 4) is 0 Å². The Hall–Kier alpha value is -0.0400. The van der Waals surface area contributed by atoms with Crippen LogP contribution in [0, 0.1) is 6.92 Å². The molecule has 1 saturated heterocycles. The second kappa shape index (κ2) is 1.48. The summed E-state index contributed by atoms with van der Waals surface area (Å²) in [5.74, 6) is 0. The number of rotatable bonds is 0. The first-order chi connectivity index (χ1) is 3.21. The van der Waals surface area contributed by atoms with E-state index in [0.717, 1.165) is 6.54 Å². The molecule has 0 aromatic carbocycles. The summed E-state index contributed by atoms with van der Waals surface area (Å²) in [6.07, 6.45) is 2.52. The Morgan fingerprint density at radius 3 is 2.57 bits per heavy atom. The number of hydrogen-bond acceptors (Lipinski definition) is 1. The van der Waals surface area contributed by atoms with Crippen molar-refractivity contribution >= 4 is 0 Å². The van der Waals surface area contributed by atoms with Gasteiger partial charge in [0.1, 0.15) is 0 Å². The average molecular weight is 98.2 g/mol. The first-order valence-corrected chi connectivity index (χ1v) is 2.81. The van der Waals surface area contributed by atoms with Crippen LogP contribution >= 0.6 is 0 Å². The highest BCUT2D eigenvalue weighted by Gasteiger charge is 2.20. The molecule has 1 N–H and O–H groups in total. The average Bonchev–Trinajstić information content (AvgIpc) is 1.84. The maximum Gasteiger partial charge on any atom is 0.0154 e. The summed E-state index contributed by atoms with van der Waals surface area (Å²) in [4.78, 5) is 0. The van der Waals surface area contributed by atoms with Crippen molar-refractivity contribution in [1.29, 1.82) is 0 Å². The Kier molecular flexibility index (Phi) is 1.08. The number of hydrogen-bond donors (Lipinski definition) is 1. The molecule has 1 radical (unpaired) electrons. The highest BCUT2D eigenvalue weighted by molar-refractivity contribution is 4.90. The summed E-state index contributed by atoms with van der Waals surface area (Å²) in [7, 11) is 0. The zero-order valence-corrected chi connectivity index (χ0v) is 4.83. The van der Waals surface area contributed by atoms with Crippen molar-refractivity contribution in [2.24, 2.45) is 0 Å². The zero-order chi connectivity index (χ0) is 5.33. The molecule has 1 heteroatoms. The van der Waals surface area contributed by atoms with E-state index in [1.807, 2.05) is 0 Å². The minimum Gasteiger partial charge on any atom is -0.312 e. The summed E-state index contributed by atoms with van der Waals surface area (Å²) in [6, 6.07) is 0. The van der Waals surface area contributed by atoms with Gasteiger partial charge in [-0.05, 0) is 33.2 Å². The molecule has 0 aliphatic carbocycles. The molecule has 0 unspecified atom stereocenters. The third kappa shape index (κ3) is 1.16. The Bertz CT molecular complexity index is 58.6. The molecule has 1 fully saturated rings. The van der Waals surface area contributed by atoms with E-state index in [1.165, 1.54) is 12.8 Å². The molecule has 1 rings (SSSR count). The summed E-state index contributed by atoms with van der Waals surface area (Å²) in [5.41, 5.74) is 0.194. The first kappa shape index (κ1) is 5.10. The molecule has 1 nitrogen and oxygen atoms in total. The second-order valence-electron chi connectivity index (χ2n) is 2.59. The molecule has 1 atom stereocenters. The minimum atomic E-state index is 0.194. The van der Waals surface area contributed by atoms with Gasteiger partial charge < -0.3 is 5.32 Å². The van der Waals surface area contributed by atoms with Gasteiger partial charge in [0.15, 0.2) is 0 Å². The SMILES string of the molecule is [CH2][C@@]1(C)CCCN1. The molecule has 0 spiro atoms. The van der Waals surface area contributed by atoms with Crippen LogP contribution in [0.5, 0.6) is 0 Å². The Morgan fingerprint density at radius 1 is 1.71 bits per heavy atom. The lowest BCUT2D eigenvalue weighted by atomic mass is 10.0. The zero-order valence-electron chi connectivity index (χ0n) is 4.83. The molecule has 0 aromatic heterocycles. The highest BCUT2D eigenvalue weighted by Crippen LogP contribution is 2.15. The third-order valence-corrected chi connectivity index (χ3v) is 1.46. The van der Waals surface area contributed by atoms with Crippen LogP contribution in [0.2, 0.25) is 0 Å². The maximum atomic E-state index is 3.96. The van der Waals surface area contributed by atoms with E-state index >= 15 is 0 Å². The summed E-state index contributed by atoms with van der Waals surface area (Å²) >= 11 is 0. The van der Waals surface area contributed by atoms with Gasteiger partial charge in [0.05, 0.1) is 0 Å². The lowest BCUT2D eigenvalue weighted by Gasteiger charge is -2.15. The van der Waals surface area contributed by atoms with Gasteiger partial charge in [-0.1, -0.05) is 0 Å². The fourth-order valence-corrected chi connectivity index (χ4v) is 0.957. The third-order valence-electron chi connectivity index (χ3n) is 1.46. The van der Waals surface area contributed by atoms with E-state index in [0.29, 0.717) is 0 Å². The predicted molar refractivity (Wildman–Crippen MR) is 31.0 cm³/mol. The molecular weight excluding hydrogens is 86.1 g/mol. The topological polar surface area (TPSA) is 12.0 Å². The van der Waals surface area contributed by atoms with Crippen LogP contribution < -0.4 is 5.32 Å². The normalized spacial score (nSPS) is 28.3. The molecule has 0 aromatic rings. The summed E-state index contributed by atoms with van der Waals surface area (Å²) < 4.78 is 0. The molecule has 0 bridgehead atoms. The van der Waals surface area contributed by atoms with Gasteiger partial charge in [-0.2, -0.15) is 0 Å². The predicted octanol–water partition coefficient (Wildman–Crippen LogP) is 0.963. The van der Waals surface area contributed by atoms with Crippen molar-refractivity contribution in [3.63, 3.8) is 0 Å². The van der Waals surface area contributed by atoms with Crippen molar-refractivity contribution < 1.29 is 0 Å². The molecule has 0 amide bonds. The molecule has 0 saturated carbocycles. The van der Waals surface area contributed by atoms with Crippen molar-refractivity contribution in [3.05, 3.63) is 6.92 Å². The van der Waals surface area contributed by atoms with E-state index in [2.05, 4.69) is 19.2 Å². The standard InChI is InChI=1S/C6H12N/c1-6(2)4-3-5-7-6/h7H,1,3-5H2,2H3/t6-/m1/s1. The van der Waals surface area contributed by atoms with E-state index in [1.54, 1.807) is 0 Å². The highest BCUT2D eigenvalue weighted by atomic mass is 15.0. The quantitative estimate of drug-likeness (QED) is 0.476. The lowest BCUT2D eigenvalue weighted by Crippen LogP contribution is -2.32. The molecule has 7 heavy (non-hydrogen) atoms. The number of nitrogens with one attached hydrogen (secondary N) is 1. The van der Waals surface area contributed by atoms with E-state index in [4.69, 9.17) is 0 Å². The van der Waals surface area contributed by atoms with Gasteiger partial charge in [-0.3, -0.25) is 0 Å².